The number of hydrogen-bond donors (Lipinski definition) is 2. The Balaban J connectivity index is 1.43. The summed E-state index contributed by atoms with van der Waals surface area (Å²) in [6, 6.07) is 8.38. The molecule has 1 aromatic heterocycles. The monoisotopic (exact) mass is 748 g/mol. The third kappa shape index (κ3) is 7.50. The molecule has 0 spiro atoms. The second-order valence-corrected chi connectivity index (χ2v) is 13.9. The van der Waals surface area contributed by atoms with Crippen molar-refractivity contribution in [3.8, 4) is 16.9 Å². The number of benzene rings is 3. The lowest BCUT2D eigenvalue weighted by Gasteiger charge is -2.33. The Morgan fingerprint density at radius 2 is 1.53 bits per heavy atom. The molecule has 0 aliphatic carbocycles. The van der Waals surface area contributed by atoms with Crippen molar-refractivity contribution in [1.29, 1.82) is 0 Å². The maximum atomic E-state index is 16.3. The van der Waals surface area contributed by atoms with E-state index in [0.29, 0.717) is 35.9 Å². The number of carbonyl (C=O) groups is 1. The molecule has 0 atom stereocenters. The summed E-state index contributed by atoms with van der Waals surface area (Å²) in [4.78, 5) is 16.3. The van der Waals surface area contributed by atoms with Gasteiger partial charge in [0, 0.05) is 30.3 Å². The van der Waals surface area contributed by atoms with E-state index in [2.05, 4.69) is 10.6 Å². The zero-order valence-electron chi connectivity index (χ0n) is 29.7. The number of fused-ring (bicyclic) bond motifs is 1. The molecule has 0 unspecified atom stereocenters. The summed E-state index contributed by atoms with van der Waals surface area (Å²) < 4.78 is 116. The normalized spacial score (nSPS) is 16.3. The largest absolute Gasteiger partial charge is 0.416 e. The van der Waals surface area contributed by atoms with Gasteiger partial charge in [-0.1, -0.05) is 38.1 Å². The second-order valence-electron chi connectivity index (χ2n) is 13.9. The number of urea groups is 1. The van der Waals surface area contributed by atoms with Gasteiger partial charge >= 0.3 is 18.4 Å². The molecule has 6 rings (SSSR count). The first kappa shape index (κ1) is 38.2. The van der Waals surface area contributed by atoms with Crippen LogP contribution in [0.25, 0.3) is 16.9 Å². The van der Waals surface area contributed by atoms with Gasteiger partial charge in [0.25, 0.3) is 0 Å². The maximum Gasteiger partial charge on any atom is 0.416 e. The summed E-state index contributed by atoms with van der Waals surface area (Å²) in [6.45, 7) is 8.72. The van der Waals surface area contributed by atoms with Crippen molar-refractivity contribution in [2.24, 2.45) is 0 Å². The highest BCUT2D eigenvalue weighted by molar-refractivity contribution is 5.90. The van der Waals surface area contributed by atoms with Gasteiger partial charge in [-0.2, -0.15) is 31.4 Å². The fourth-order valence-corrected chi connectivity index (χ4v) is 7.28. The Labute approximate surface area is 302 Å². The van der Waals surface area contributed by atoms with Crippen molar-refractivity contribution in [3.63, 3.8) is 0 Å². The van der Waals surface area contributed by atoms with Crippen LogP contribution in [0.5, 0.6) is 0 Å². The molecule has 3 aromatic carbocycles. The number of nitrogens with one attached hydrogen (secondary N) is 2. The first-order valence-corrected chi connectivity index (χ1v) is 17.5. The van der Waals surface area contributed by atoms with E-state index in [1.54, 1.807) is 23.4 Å². The van der Waals surface area contributed by atoms with Gasteiger partial charge < -0.3 is 10.6 Å². The summed E-state index contributed by atoms with van der Waals surface area (Å²) >= 11 is 0. The van der Waals surface area contributed by atoms with Crippen LogP contribution in [0.15, 0.2) is 48.5 Å². The van der Waals surface area contributed by atoms with Crippen molar-refractivity contribution in [2.75, 3.05) is 25.1 Å². The minimum Gasteiger partial charge on any atom is -0.325 e. The van der Waals surface area contributed by atoms with E-state index in [-0.39, 0.29) is 41.8 Å². The van der Waals surface area contributed by atoms with E-state index in [9.17, 15) is 31.1 Å². The molecule has 53 heavy (non-hydrogen) atoms. The number of nitrogens with zero attached hydrogens (tertiary/aromatic N) is 4. The molecule has 2 aliphatic heterocycles. The predicted octanol–water partition coefficient (Wildman–Crippen LogP) is 9.41. The van der Waals surface area contributed by atoms with E-state index in [1.807, 2.05) is 36.9 Å². The molecule has 3 heterocycles. The molecule has 0 bridgehead atoms. The van der Waals surface area contributed by atoms with Gasteiger partial charge in [-0.3, -0.25) is 9.80 Å². The van der Waals surface area contributed by atoms with Gasteiger partial charge in [-0.05, 0) is 87.5 Å². The molecule has 1 fully saturated rings. The van der Waals surface area contributed by atoms with E-state index in [1.165, 1.54) is 0 Å². The van der Waals surface area contributed by atoms with Crippen LogP contribution in [0, 0.1) is 11.6 Å². The number of hydrogen-bond acceptors (Lipinski definition) is 4. The van der Waals surface area contributed by atoms with Gasteiger partial charge in [0.15, 0.2) is 0 Å². The smallest absolute Gasteiger partial charge is 0.325 e. The Hall–Kier alpha value is -4.50. The molecule has 0 radical (unpaired) electrons. The highest BCUT2D eigenvalue weighted by Gasteiger charge is 2.45. The Bertz CT molecular complexity index is 1990. The fourth-order valence-electron chi connectivity index (χ4n) is 7.28. The maximum absolute atomic E-state index is 16.3. The van der Waals surface area contributed by atoms with E-state index < -0.39 is 53.2 Å². The number of amides is 2. The topological polar surface area (TPSA) is 65.4 Å². The third-order valence-corrected chi connectivity index (χ3v) is 10.2. The van der Waals surface area contributed by atoms with Crippen LogP contribution in [0.3, 0.4) is 0 Å². The van der Waals surface area contributed by atoms with Gasteiger partial charge in [-0.25, -0.2) is 18.3 Å². The van der Waals surface area contributed by atoms with Crippen LogP contribution in [0.4, 0.5) is 45.6 Å². The molecule has 2 N–H and O–H groups in total. The quantitative estimate of drug-likeness (QED) is 0.168. The van der Waals surface area contributed by atoms with Crippen molar-refractivity contribution >= 4 is 11.7 Å². The Morgan fingerprint density at radius 1 is 0.868 bits per heavy atom. The van der Waals surface area contributed by atoms with Crippen molar-refractivity contribution < 1.29 is 39.9 Å². The molecule has 7 nitrogen and oxygen atoms in total. The molecule has 4 aromatic rings. The minimum atomic E-state index is -5.07. The zero-order valence-corrected chi connectivity index (χ0v) is 29.7. The van der Waals surface area contributed by atoms with E-state index >= 15 is 8.78 Å². The lowest BCUT2D eigenvalue weighted by Crippen LogP contribution is -2.38. The average Bonchev–Trinajstić information content (AvgIpc) is 3.81. The van der Waals surface area contributed by atoms with Crippen molar-refractivity contribution in [2.45, 2.75) is 84.4 Å². The van der Waals surface area contributed by atoms with E-state index in [0.717, 1.165) is 55.3 Å². The summed E-state index contributed by atoms with van der Waals surface area (Å²) in [7, 11) is 0. The van der Waals surface area contributed by atoms with Crippen LogP contribution in [-0.4, -0.2) is 45.4 Å². The van der Waals surface area contributed by atoms with E-state index in [4.69, 9.17) is 5.10 Å². The predicted molar refractivity (Wildman–Crippen MR) is 184 cm³/mol. The number of alkyl halides is 6. The third-order valence-electron chi connectivity index (χ3n) is 10.2. The molecule has 2 aliphatic rings. The summed E-state index contributed by atoms with van der Waals surface area (Å²) in [5.41, 5.74) is -1.49. The molecule has 15 heteroatoms. The summed E-state index contributed by atoms with van der Waals surface area (Å²) in [5.74, 6) is -1.80. The number of rotatable bonds is 9. The zero-order chi connectivity index (χ0) is 38.5. The van der Waals surface area contributed by atoms with Crippen molar-refractivity contribution in [1.82, 2.24) is 24.9 Å². The highest BCUT2D eigenvalue weighted by atomic mass is 19.4. The fraction of sp³-hybridized carbons (Fsp3) is 0.421. The minimum absolute atomic E-state index is 0.0777. The van der Waals surface area contributed by atoms with Crippen LogP contribution >= 0.6 is 0 Å². The summed E-state index contributed by atoms with van der Waals surface area (Å²) in [5, 5.41) is 9.98. The number of aromatic nitrogens is 2. The van der Waals surface area contributed by atoms with Crippen LogP contribution in [0.1, 0.15) is 79.6 Å². The van der Waals surface area contributed by atoms with Crippen LogP contribution in [-0.2, 0) is 43.8 Å². The summed E-state index contributed by atoms with van der Waals surface area (Å²) in [6.07, 6.45) is -6.89. The molecule has 2 amide bonds. The lowest BCUT2D eigenvalue weighted by atomic mass is 9.97. The van der Waals surface area contributed by atoms with Gasteiger partial charge in [-0.15, -0.1) is 0 Å². The molecule has 284 valence electrons. The first-order valence-electron chi connectivity index (χ1n) is 17.5. The second kappa shape index (κ2) is 14.4. The SMILES string of the molecule is CCc1cccc(CC)c1-n1nc2c(c1-c1cc(F)c(NC(=O)NCN3CCCC3)cc1F)CN(Cc1ccc(C(F)(F)F)cc1C(F)(F)F)C2(C)C. The van der Waals surface area contributed by atoms with Gasteiger partial charge in [0.1, 0.15) is 11.6 Å². The Kier molecular flexibility index (Phi) is 10.4. The highest BCUT2D eigenvalue weighted by Crippen LogP contribution is 2.47. The molecule has 1 saturated heterocycles. The van der Waals surface area contributed by atoms with Gasteiger partial charge in [0.05, 0.1) is 46.1 Å². The molecular weight excluding hydrogens is 708 g/mol. The van der Waals surface area contributed by atoms with Crippen LogP contribution in [0.2, 0.25) is 0 Å². The van der Waals surface area contributed by atoms with Crippen molar-refractivity contribution in [3.05, 3.63) is 99.2 Å². The number of anilines is 1. The average molecular weight is 749 g/mol. The Morgan fingerprint density at radius 3 is 2.13 bits per heavy atom. The lowest BCUT2D eigenvalue weighted by molar-refractivity contribution is -0.143. The number of halogens is 8. The number of carbonyl (C=O) groups excluding carboxylic acids is 1. The molecule has 0 saturated carbocycles. The first-order chi connectivity index (χ1) is 24.9. The van der Waals surface area contributed by atoms with Gasteiger partial charge in [0.2, 0.25) is 0 Å². The molecular formula is C38H40F8N6O. The van der Waals surface area contributed by atoms with Crippen LogP contribution < -0.4 is 10.6 Å². The number of likely N-dealkylation sites (tertiary alicyclic amines) is 1. The standard InChI is InChI=1S/C38H40F8N6O/c1-5-22-10-9-11-23(6-2)32(22)52-33(26-17-30(40)31(18-29(26)39)48-35(53)47-21-50-14-7-8-15-50)27-20-51(36(3,4)34(27)49-52)19-24-12-13-25(37(41,42)43)16-28(24)38(44,45)46/h9-13,16-18H,5-8,14-15,19-21H2,1-4H3,(H2,47,48,53). The number of para-hydroxylation sites is 1. The number of aryl methyl sites for hydroxylation is 2.